The van der Waals surface area contributed by atoms with Gasteiger partial charge in [-0.3, -0.25) is 4.79 Å². The van der Waals surface area contributed by atoms with Crippen LogP contribution in [-0.4, -0.2) is 36.5 Å². The number of carbonyl (C=O) groups excluding carboxylic acids is 1. The first-order valence-corrected chi connectivity index (χ1v) is 4.85. The molecule has 0 atom stereocenters. The van der Waals surface area contributed by atoms with Gasteiger partial charge in [0.05, 0.1) is 6.42 Å². The monoisotopic (exact) mass is 202 g/mol. The minimum atomic E-state index is -0.331. The smallest absolute Gasteiger partial charge is 0.327 e. The standard InChI is InChI=1S/C8H18N4O2/c9-7-1-4-12(5-2-7)6-3-8(13)14-11-10/h7,11H,1-6,9-10H2. The van der Waals surface area contributed by atoms with Crippen molar-refractivity contribution >= 4 is 5.97 Å². The molecule has 1 heterocycles. The summed E-state index contributed by atoms with van der Waals surface area (Å²) in [6.07, 6.45) is 2.37. The molecule has 0 bridgehead atoms. The number of nitrogens with zero attached hydrogens (tertiary/aromatic N) is 1. The minimum absolute atomic E-state index is 0.323. The topological polar surface area (TPSA) is 93.6 Å². The van der Waals surface area contributed by atoms with Gasteiger partial charge in [0.25, 0.3) is 0 Å². The maximum Gasteiger partial charge on any atom is 0.327 e. The van der Waals surface area contributed by atoms with Crippen LogP contribution >= 0.6 is 0 Å². The number of hydrogen-bond donors (Lipinski definition) is 3. The summed E-state index contributed by atoms with van der Waals surface area (Å²) >= 11 is 0. The van der Waals surface area contributed by atoms with Crippen LogP contribution < -0.4 is 17.2 Å². The molecule has 1 rings (SSSR count). The van der Waals surface area contributed by atoms with Crippen molar-refractivity contribution in [3.05, 3.63) is 0 Å². The van der Waals surface area contributed by atoms with E-state index in [4.69, 9.17) is 11.6 Å². The van der Waals surface area contributed by atoms with Gasteiger partial charge < -0.3 is 15.5 Å². The molecule has 5 N–H and O–H groups in total. The van der Waals surface area contributed by atoms with Gasteiger partial charge in [-0.05, 0) is 25.9 Å². The molecule has 1 saturated heterocycles. The molecule has 0 aromatic carbocycles. The van der Waals surface area contributed by atoms with E-state index in [2.05, 4.69) is 9.74 Å². The van der Waals surface area contributed by atoms with Crippen LogP contribution in [0.15, 0.2) is 0 Å². The first-order chi connectivity index (χ1) is 6.72. The third kappa shape index (κ3) is 4.01. The first-order valence-electron chi connectivity index (χ1n) is 4.85. The fourth-order valence-corrected chi connectivity index (χ4v) is 1.54. The lowest BCUT2D eigenvalue weighted by atomic mass is 10.1. The van der Waals surface area contributed by atoms with Crippen LogP contribution in [0.1, 0.15) is 19.3 Å². The van der Waals surface area contributed by atoms with Gasteiger partial charge in [0.15, 0.2) is 0 Å². The Morgan fingerprint density at radius 3 is 2.71 bits per heavy atom. The number of carbonyl (C=O) groups is 1. The molecular formula is C8H18N4O2. The van der Waals surface area contributed by atoms with Crippen molar-refractivity contribution in [2.24, 2.45) is 11.6 Å². The predicted molar refractivity (Wildman–Crippen MR) is 51.7 cm³/mol. The van der Waals surface area contributed by atoms with Crippen molar-refractivity contribution in [1.82, 2.24) is 10.5 Å². The van der Waals surface area contributed by atoms with Gasteiger partial charge in [0.2, 0.25) is 0 Å². The highest BCUT2D eigenvalue weighted by Crippen LogP contribution is 2.08. The average Bonchev–Trinajstić information content (AvgIpc) is 2.17. The number of rotatable bonds is 4. The second-order valence-corrected chi connectivity index (χ2v) is 3.52. The van der Waals surface area contributed by atoms with Crippen LogP contribution in [0.25, 0.3) is 0 Å². The lowest BCUT2D eigenvalue weighted by Crippen LogP contribution is -2.40. The van der Waals surface area contributed by atoms with Gasteiger partial charge in [-0.2, -0.15) is 0 Å². The summed E-state index contributed by atoms with van der Waals surface area (Å²) < 4.78 is 0. The van der Waals surface area contributed by atoms with Gasteiger partial charge in [0.1, 0.15) is 0 Å². The van der Waals surface area contributed by atoms with E-state index in [1.54, 1.807) is 0 Å². The summed E-state index contributed by atoms with van der Waals surface area (Å²) in [5.74, 6) is 4.50. The molecular weight excluding hydrogens is 184 g/mol. The number of likely N-dealkylation sites (tertiary alicyclic amines) is 1. The molecule has 0 saturated carbocycles. The summed E-state index contributed by atoms with van der Waals surface area (Å²) in [6.45, 7) is 2.64. The van der Waals surface area contributed by atoms with E-state index in [9.17, 15) is 4.79 Å². The van der Waals surface area contributed by atoms with E-state index in [1.807, 2.05) is 5.59 Å². The highest BCUT2D eigenvalue weighted by atomic mass is 16.7. The number of nitrogens with two attached hydrogens (primary N) is 2. The highest BCUT2D eigenvalue weighted by molar-refractivity contribution is 5.69. The summed E-state index contributed by atoms with van der Waals surface area (Å²) in [6, 6.07) is 0.323. The number of nitrogens with one attached hydrogen (secondary N) is 1. The van der Waals surface area contributed by atoms with Crippen LogP contribution in [0, 0.1) is 0 Å². The van der Waals surface area contributed by atoms with E-state index < -0.39 is 0 Å². The zero-order chi connectivity index (χ0) is 10.4. The Morgan fingerprint density at radius 2 is 2.14 bits per heavy atom. The molecule has 6 nitrogen and oxygen atoms in total. The third-order valence-electron chi connectivity index (χ3n) is 2.44. The van der Waals surface area contributed by atoms with Crippen molar-refractivity contribution in [1.29, 1.82) is 0 Å². The predicted octanol–water partition coefficient (Wildman–Crippen LogP) is -1.28. The highest BCUT2D eigenvalue weighted by Gasteiger charge is 2.16. The van der Waals surface area contributed by atoms with E-state index in [0.29, 0.717) is 19.0 Å². The largest absolute Gasteiger partial charge is 0.356 e. The summed E-state index contributed by atoms with van der Waals surface area (Å²) in [4.78, 5) is 17.5. The van der Waals surface area contributed by atoms with Crippen molar-refractivity contribution in [3.63, 3.8) is 0 Å². The summed E-state index contributed by atoms with van der Waals surface area (Å²) in [5, 5.41) is 0. The van der Waals surface area contributed by atoms with Crippen molar-refractivity contribution < 1.29 is 9.63 Å². The molecule has 0 aromatic heterocycles. The van der Waals surface area contributed by atoms with Crippen LogP contribution in [-0.2, 0) is 9.63 Å². The zero-order valence-corrected chi connectivity index (χ0v) is 8.24. The quantitative estimate of drug-likeness (QED) is 0.388. The maximum atomic E-state index is 10.9. The number of hydrazine groups is 1. The average molecular weight is 202 g/mol. The molecule has 1 aliphatic heterocycles. The fraction of sp³-hybridized carbons (Fsp3) is 0.875. The lowest BCUT2D eigenvalue weighted by Gasteiger charge is -2.29. The van der Waals surface area contributed by atoms with Crippen molar-refractivity contribution in [2.75, 3.05) is 19.6 Å². The number of hydrogen-bond acceptors (Lipinski definition) is 6. The van der Waals surface area contributed by atoms with E-state index in [1.165, 1.54) is 0 Å². The Morgan fingerprint density at radius 1 is 1.50 bits per heavy atom. The van der Waals surface area contributed by atoms with Gasteiger partial charge in [-0.1, -0.05) is 5.59 Å². The minimum Gasteiger partial charge on any atom is -0.356 e. The first kappa shape index (κ1) is 11.4. The van der Waals surface area contributed by atoms with Crippen LogP contribution in [0.4, 0.5) is 0 Å². The Balaban J connectivity index is 2.09. The van der Waals surface area contributed by atoms with Gasteiger partial charge in [-0.15, -0.1) is 0 Å². The van der Waals surface area contributed by atoms with E-state index in [0.717, 1.165) is 25.9 Å². The molecule has 0 unspecified atom stereocenters. The molecule has 0 aromatic rings. The Hall–Kier alpha value is -0.690. The van der Waals surface area contributed by atoms with E-state index in [-0.39, 0.29) is 5.97 Å². The van der Waals surface area contributed by atoms with Crippen molar-refractivity contribution in [3.8, 4) is 0 Å². The Kier molecular flexibility index (Phi) is 4.81. The van der Waals surface area contributed by atoms with Gasteiger partial charge in [-0.25, -0.2) is 5.84 Å². The molecule has 82 valence electrons. The molecule has 0 spiro atoms. The second-order valence-electron chi connectivity index (χ2n) is 3.52. The fourth-order valence-electron chi connectivity index (χ4n) is 1.54. The number of piperidine rings is 1. The molecule has 0 aliphatic carbocycles. The SMILES string of the molecule is NNOC(=O)CCN1CCC(N)CC1. The van der Waals surface area contributed by atoms with Crippen LogP contribution in [0.2, 0.25) is 0 Å². The molecule has 1 fully saturated rings. The Labute approximate surface area is 83.5 Å². The zero-order valence-electron chi connectivity index (χ0n) is 8.24. The maximum absolute atomic E-state index is 10.9. The van der Waals surface area contributed by atoms with Gasteiger partial charge >= 0.3 is 5.97 Å². The Bertz CT molecular complexity index is 180. The lowest BCUT2D eigenvalue weighted by molar-refractivity contribution is -0.151. The van der Waals surface area contributed by atoms with Gasteiger partial charge in [0, 0.05) is 12.6 Å². The summed E-state index contributed by atoms with van der Waals surface area (Å²) in [7, 11) is 0. The van der Waals surface area contributed by atoms with Crippen LogP contribution in [0.5, 0.6) is 0 Å². The third-order valence-corrected chi connectivity index (χ3v) is 2.44. The molecule has 1 aliphatic rings. The van der Waals surface area contributed by atoms with E-state index >= 15 is 0 Å². The molecule has 0 radical (unpaired) electrons. The second kappa shape index (κ2) is 5.92. The normalized spacial score (nSPS) is 19.6. The molecule has 0 amide bonds. The summed E-state index contributed by atoms with van der Waals surface area (Å²) in [5.41, 5.74) is 7.63. The van der Waals surface area contributed by atoms with Crippen LogP contribution in [0.3, 0.4) is 0 Å². The van der Waals surface area contributed by atoms with Crippen molar-refractivity contribution in [2.45, 2.75) is 25.3 Å². The molecule has 6 heteroatoms. The molecule has 14 heavy (non-hydrogen) atoms.